The lowest BCUT2D eigenvalue weighted by molar-refractivity contribution is 0.110. The normalized spacial score (nSPS) is 21.7. The van der Waals surface area contributed by atoms with Gasteiger partial charge in [-0.25, -0.2) is 13.2 Å². The molecule has 0 aliphatic carbocycles. The van der Waals surface area contributed by atoms with Gasteiger partial charge in [-0.3, -0.25) is 0 Å². The van der Waals surface area contributed by atoms with E-state index in [0.29, 0.717) is 17.7 Å². The van der Waals surface area contributed by atoms with Gasteiger partial charge < -0.3 is 19.6 Å². The van der Waals surface area contributed by atoms with Crippen molar-refractivity contribution >= 4 is 12.2 Å². The van der Waals surface area contributed by atoms with Crippen LogP contribution in [-0.4, -0.2) is 35.4 Å². The fourth-order valence-corrected chi connectivity index (χ4v) is 4.41. The van der Waals surface area contributed by atoms with Gasteiger partial charge in [-0.05, 0) is 43.6 Å². The number of aromatic amines is 1. The van der Waals surface area contributed by atoms with Crippen LogP contribution in [0.25, 0.3) is 0 Å². The van der Waals surface area contributed by atoms with E-state index in [1.165, 1.54) is 0 Å². The van der Waals surface area contributed by atoms with Crippen molar-refractivity contribution in [2.75, 3.05) is 19.7 Å². The Hall–Kier alpha value is -1.64. The second kappa shape index (κ2) is 7.77. The molecule has 2 N–H and O–H groups in total. The van der Waals surface area contributed by atoms with E-state index < -0.39 is 23.4 Å². The molecule has 0 unspecified atom stereocenters. The molecule has 1 saturated heterocycles. The highest BCUT2D eigenvalue weighted by Crippen LogP contribution is 2.35. The Morgan fingerprint density at radius 2 is 2.07 bits per heavy atom. The number of imidazole rings is 1. The van der Waals surface area contributed by atoms with Crippen LogP contribution in [-0.2, 0) is 24.1 Å². The van der Waals surface area contributed by atoms with Crippen LogP contribution in [0.1, 0.15) is 35.7 Å². The Labute approximate surface area is 160 Å². The van der Waals surface area contributed by atoms with Crippen LogP contribution in [0, 0.1) is 22.2 Å². The minimum absolute atomic E-state index is 0.185. The summed E-state index contributed by atoms with van der Waals surface area (Å²) in [6, 6.07) is 1.80. The molecule has 0 amide bonds. The largest absolute Gasteiger partial charge is 0.377 e. The lowest BCUT2D eigenvalue weighted by Crippen LogP contribution is -2.28. The Balaban J connectivity index is 1.44. The van der Waals surface area contributed by atoms with Crippen LogP contribution < -0.4 is 5.32 Å². The van der Waals surface area contributed by atoms with Crippen molar-refractivity contribution < 1.29 is 17.9 Å². The Bertz CT molecular complexity index is 889. The van der Waals surface area contributed by atoms with Crippen LogP contribution in [0.5, 0.6) is 0 Å². The molecule has 4 nitrogen and oxygen atoms in total. The van der Waals surface area contributed by atoms with Gasteiger partial charge in [0.05, 0.1) is 6.10 Å². The van der Waals surface area contributed by atoms with E-state index in [1.807, 2.05) is 4.57 Å². The molecule has 2 aromatic rings. The third-order valence-corrected chi connectivity index (χ3v) is 5.78. The fraction of sp³-hybridized carbons (Fsp3) is 0.526. The molecule has 0 spiro atoms. The summed E-state index contributed by atoms with van der Waals surface area (Å²) in [5.74, 6) is -3.28. The van der Waals surface area contributed by atoms with Crippen LogP contribution in [0.15, 0.2) is 12.1 Å². The molecule has 27 heavy (non-hydrogen) atoms. The molecule has 146 valence electrons. The maximum Gasteiger partial charge on any atom is 0.177 e. The number of hydrogen-bond acceptors (Lipinski definition) is 3. The molecule has 1 fully saturated rings. The zero-order valence-corrected chi connectivity index (χ0v) is 15.7. The zero-order chi connectivity index (χ0) is 19.0. The molecule has 2 aliphatic heterocycles. The van der Waals surface area contributed by atoms with Crippen LogP contribution in [0.2, 0.25) is 0 Å². The van der Waals surface area contributed by atoms with E-state index >= 15 is 0 Å². The summed E-state index contributed by atoms with van der Waals surface area (Å²) in [7, 11) is 0. The number of aromatic nitrogens is 2. The first-order chi connectivity index (χ1) is 13.0. The van der Waals surface area contributed by atoms with Crippen molar-refractivity contribution in [1.29, 1.82) is 0 Å². The number of benzene rings is 1. The highest BCUT2D eigenvalue weighted by atomic mass is 32.1. The van der Waals surface area contributed by atoms with Gasteiger partial charge in [0.1, 0.15) is 5.82 Å². The minimum atomic E-state index is -1.10. The minimum Gasteiger partial charge on any atom is -0.377 e. The number of H-pyrrole nitrogens is 1. The summed E-state index contributed by atoms with van der Waals surface area (Å²) in [5, 5.41) is 3.39. The molecule has 2 atom stereocenters. The van der Waals surface area contributed by atoms with Gasteiger partial charge in [-0.1, -0.05) is 0 Å². The predicted octanol–water partition coefficient (Wildman–Crippen LogP) is 3.61. The van der Waals surface area contributed by atoms with Crippen molar-refractivity contribution in [2.24, 2.45) is 0 Å². The Morgan fingerprint density at radius 3 is 2.85 bits per heavy atom. The smallest absolute Gasteiger partial charge is 0.177 e. The number of ether oxygens (including phenoxy) is 1. The van der Waals surface area contributed by atoms with E-state index in [0.717, 1.165) is 62.5 Å². The van der Waals surface area contributed by atoms with Gasteiger partial charge in [0, 0.05) is 55.5 Å². The lowest BCUT2D eigenvalue weighted by atomic mass is 9.95. The SMILES string of the molecule is Fc1ccc(F)c([C@H]2Cc3c(CCNC[C@@H]4CCCO4)[nH]c(=S)n3C2)c1F. The summed E-state index contributed by atoms with van der Waals surface area (Å²) in [4.78, 5) is 3.20. The van der Waals surface area contributed by atoms with E-state index in [4.69, 9.17) is 17.0 Å². The topological polar surface area (TPSA) is 42.0 Å². The van der Waals surface area contributed by atoms with E-state index in [-0.39, 0.29) is 11.7 Å². The Kier molecular flexibility index (Phi) is 5.39. The molecule has 4 rings (SSSR count). The van der Waals surface area contributed by atoms with Gasteiger partial charge in [-0.2, -0.15) is 0 Å². The summed E-state index contributed by atoms with van der Waals surface area (Å²) in [5.41, 5.74) is 1.74. The summed E-state index contributed by atoms with van der Waals surface area (Å²) in [6.45, 7) is 2.76. The van der Waals surface area contributed by atoms with Gasteiger partial charge in [0.2, 0.25) is 0 Å². The quantitative estimate of drug-likeness (QED) is 0.445. The molecule has 2 aliphatic rings. The van der Waals surface area contributed by atoms with Crippen LogP contribution >= 0.6 is 12.2 Å². The highest BCUT2D eigenvalue weighted by Gasteiger charge is 2.31. The number of rotatable bonds is 6. The molecule has 0 saturated carbocycles. The molecule has 0 bridgehead atoms. The molecule has 0 radical (unpaired) electrons. The first-order valence-corrected chi connectivity index (χ1v) is 9.71. The summed E-state index contributed by atoms with van der Waals surface area (Å²) >= 11 is 5.37. The number of hydrogen-bond donors (Lipinski definition) is 2. The average Bonchev–Trinajstić information content (AvgIpc) is 3.35. The monoisotopic (exact) mass is 397 g/mol. The second-order valence-corrected chi connectivity index (χ2v) is 7.60. The van der Waals surface area contributed by atoms with Gasteiger partial charge in [0.15, 0.2) is 16.4 Å². The number of nitrogens with zero attached hydrogens (tertiary/aromatic N) is 1. The molecular weight excluding hydrogens is 375 g/mol. The third kappa shape index (κ3) is 3.70. The van der Waals surface area contributed by atoms with E-state index in [2.05, 4.69) is 10.3 Å². The molecule has 1 aromatic carbocycles. The van der Waals surface area contributed by atoms with Crippen LogP contribution in [0.3, 0.4) is 0 Å². The lowest BCUT2D eigenvalue weighted by Gasteiger charge is -2.13. The van der Waals surface area contributed by atoms with Crippen molar-refractivity contribution in [1.82, 2.24) is 14.9 Å². The zero-order valence-electron chi connectivity index (χ0n) is 14.9. The van der Waals surface area contributed by atoms with Gasteiger partial charge in [0.25, 0.3) is 0 Å². The number of fused-ring (bicyclic) bond motifs is 1. The molecular formula is C19H22F3N3OS. The molecule has 8 heteroatoms. The number of nitrogens with one attached hydrogen (secondary N) is 2. The van der Waals surface area contributed by atoms with Crippen molar-refractivity contribution in [3.05, 3.63) is 51.3 Å². The van der Waals surface area contributed by atoms with Crippen molar-refractivity contribution in [2.45, 2.75) is 44.2 Å². The van der Waals surface area contributed by atoms with Crippen molar-refractivity contribution in [3.63, 3.8) is 0 Å². The van der Waals surface area contributed by atoms with Gasteiger partial charge in [-0.15, -0.1) is 0 Å². The maximum absolute atomic E-state index is 14.2. The molecule has 1 aromatic heterocycles. The van der Waals surface area contributed by atoms with Crippen molar-refractivity contribution in [3.8, 4) is 0 Å². The fourth-order valence-electron chi connectivity index (χ4n) is 4.10. The average molecular weight is 397 g/mol. The van der Waals surface area contributed by atoms with Crippen LogP contribution in [0.4, 0.5) is 13.2 Å². The third-order valence-electron chi connectivity index (χ3n) is 5.46. The molecule has 3 heterocycles. The first-order valence-electron chi connectivity index (χ1n) is 9.31. The summed E-state index contributed by atoms with van der Waals surface area (Å²) < 4.78 is 49.9. The number of halogens is 3. The maximum atomic E-state index is 14.2. The standard InChI is InChI=1S/C19H22F3N3OS/c20-13-3-4-14(21)18(22)17(13)11-8-16-15(24-19(27)25(16)10-11)5-6-23-9-12-2-1-7-26-12/h3-4,11-12,23H,1-2,5-10H2,(H,24,27)/t11-,12-/m0/s1. The highest BCUT2D eigenvalue weighted by molar-refractivity contribution is 7.71. The predicted molar refractivity (Wildman–Crippen MR) is 97.9 cm³/mol. The second-order valence-electron chi connectivity index (χ2n) is 7.21. The Morgan fingerprint density at radius 1 is 1.26 bits per heavy atom. The van der Waals surface area contributed by atoms with Gasteiger partial charge >= 0.3 is 0 Å². The van der Waals surface area contributed by atoms with E-state index in [9.17, 15) is 13.2 Å². The van der Waals surface area contributed by atoms with E-state index in [1.54, 1.807) is 0 Å². The summed E-state index contributed by atoms with van der Waals surface area (Å²) in [6.07, 6.45) is 3.65. The first kappa shape index (κ1) is 18.7.